The first-order valence-corrected chi connectivity index (χ1v) is 9.97. The molecule has 0 aliphatic carbocycles. The molecule has 0 atom stereocenters. The molecule has 1 aromatic heterocycles. The van der Waals surface area contributed by atoms with E-state index in [0.29, 0.717) is 23.8 Å². The van der Waals surface area contributed by atoms with Gasteiger partial charge < -0.3 is 9.64 Å². The van der Waals surface area contributed by atoms with Gasteiger partial charge in [-0.1, -0.05) is 29.8 Å². The minimum atomic E-state index is -0.0681. The molecule has 4 rings (SSSR count). The number of ketones is 1. The van der Waals surface area contributed by atoms with Crippen LogP contribution < -0.4 is 4.90 Å². The first kappa shape index (κ1) is 19.4. The van der Waals surface area contributed by atoms with Gasteiger partial charge in [0, 0.05) is 29.2 Å². The van der Waals surface area contributed by atoms with Crippen molar-refractivity contribution in [2.24, 2.45) is 0 Å². The van der Waals surface area contributed by atoms with Crippen LogP contribution in [-0.2, 0) is 4.74 Å². The number of aromatic nitrogens is 2. The third-order valence-corrected chi connectivity index (χ3v) is 5.17. The third kappa shape index (κ3) is 4.26. The zero-order chi connectivity index (χ0) is 20.2. The summed E-state index contributed by atoms with van der Waals surface area (Å²) in [7, 11) is 0. The SMILES string of the molecule is Cc1nn(-c2ccccc2)c(N2CCOCC2)c1/C=C/C(=O)c1ccc(Cl)cc1. The first-order valence-electron chi connectivity index (χ1n) is 9.59. The Morgan fingerprint density at radius 1 is 1.07 bits per heavy atom. The lowest BCUT2D eigenvalue weighted by Gasteiger charge is -2.29. The molecule has 6 heteroatoms. The quantitative estimate of drug-likeness (QED) is 0.459. The van der Waals surface area contributed by atoms with Crippen molar-refractivity contribution in [2.45, 2.75) is 6.92 Å². The molecular formula is C23H22ClN3O2. The Kier molecular flexibility index (Phi) is 5.79. The molecule has 2 heterocycles. The van der Waals surface area contributed by atoms with E-state index in [1.54, 1.807) is 30.3 Å². The van der Waals surface area contributed by atoms with Crippen molar-refractivity contribution in [1.29, 1.82) is 0 Å². The number of morpholine rings is 1. The van der Waals surface area contributed by atoms with Crippen molar-refractivity contribution in [2.75, 3.05) is 31.2 Å². The van der Waals surface area contributed by atoms with Crippen LogP contribution in [0.25, 0.3) is 11.8 Å². The smallest absolute Gasteiger partial charge is 0.185 e. The fourth-order valence-electron chi connectivity index (χ4n) is 3.42. The number of carbonyl (C=O) groups excluding carboxylic acids is 1. The van der Waals surface area contributed by atoms with Crippen molar-refractivity contribution in [1.82, 2.24) is 9.78 Å². The van der Waals surface area contributed by atoms with Crippen LogP contribution in [0.2, 0.25) is 5.02 Å². The molecule has 29 heavy (non-hydrogen) atoms. The van der Waals surface area contributed by atoms with E-state index in [0.717, 1.165) is 35.9 Å². The normalized spacial score (nSPS) is 14.5. The van der Waals surface area contributed by atoms with Crippen LogP contribution in [0.5, 0.6) is 0 Å². The maximum Gasteiger partial charge on any atom is 0.185 e. The summed E-state index contributed by atoms with van der Waals surface area (Å²) in [5.41, 5.74) is 3.40. The highest BCUT2D eigenvalue weighted by Gasteiger charge is 2.22. The molecule has 148 valence electrons. The lowest BCUT2D eigenvalue weighted by Crippen LogP contribution is -2.37. The van der Waals surface area contributed by atoms with Gasteiger partial charge in [0.25, 0.3) is 0 Å². The van der Waals surface area contributed by atoms with Gasteiger partial charge in [-0.15, -0.1) is 0 Å². The molecule has 0 unspecified atom stereocenters. The second-order valence-corrected chi connectivity index (χ2v) is 7.31. The second-order valence-electron chi connectivity index (χ2n) is 6.87. The van der Waals surface area contributed by atoms with E-state index in [9.17, 15) is 4.79 Å². The van der Waals surface area contributed by atoms with E-state index in [2.05, 4.69) is 4.90 Å². The zero-order valence-electron chi connectivity index (χ0n) is 16.2. The van der Waals surface area contributed by atoms with Gasteiger partial charge in [-0.05, 0) is 55.5 Å². The van der Waals surface area contributed by atoms with Gasteiger partial charge in [0.2, 0.25) is 0 Å². The molecule has 1 aliphatic rings. The van der Waals surface area contributed by atoms with E-state index < -0.39 is 0 Å². The summed E-state index contributed by atoms with van der Waals surface area (Å²) in [6.07, 6.45) is 3.47. The average Bonchev–Trinajstić information content (AvgIpc) is 3.10. The summed E-state index contributed by atoms with van der Waals surface area (Å²) < 4.78 is 7.48. The maximum atomic E-state index is 12.6. The fraction of sp³-hybridized carbons (Fsp3) is 0.217. The number of allylic oxidation sites excluding steroid dienone is 1. The number of carbonyl (C=O) groups is 1. The maximum absolute atomic E-state index is 12.6. The Labute approximate surface area is 175 Å². The van der Waals surface area contributed by atoms with Gasteiger partial charge in [0.05, 0.1) is 24.6 Å². The van der Waals surface area contributed by atoms with E-state index >= 15 is 0 Å². The van der Waals surface area contributed by atoms with E-state index in [1.807, 2.05) is 48.0 Å². The Balaban J connectivity index is 1.73. The van der Waals surface area contributed by atoms with Crippen LogP contribution in [-0.4, -0.2) is 41.9 Å². The van der Waals surface area contributed by atoms with Gasteiger partial charge in [-0.2, -0.15) is 5.10 Å². The number of hydrogen-bond donors (Lipinski definition) is 0. The predicted molar refractivity (Wildman–Crippen MR) is 116 cm³/mol. The molecule has 0 spiro atoms. The van der Waals surface area contributed by atoms with Gasteiger partial charge in [0.15, 0.2) is 5.78 Å². The summed E-state index contributed by atoms with van der Waals surface area (Å²) in [5, 5.41) is 5.38. The largest absolute Gasteiger partial charge is 0.378 e. The topological polar surface area (TPSA) is 47.4 Å². The van der Waals surface area contributed by atoms with Crippen molar-refractivity contribution in [3.8, 4) is 5.69 Å². The van der Waals surface area contributed by atoms with Crippen LogP contribution in [0.3, 0.4) is 0 Å². The summed E-state index contributed by atoms with van der Waals surface area (Å²) in [6.45, 7) is 4.88. The number of halogens is 1. The number of nitrogens with zero attached hydrogens (tertiary/aromatic N) is 3. The van der Waals surface area contributed by atoms with E-state index in [-0.39, 0.29) is 5.78 Å². The molecule has 0 radical (unpaired) electrons. The van der Waals surface area contributed by atoms with Crippen molar-refractivity contribution >= 4 is 29.3 Å². The summed E-state index contributed by atoms with van der Waals surface area (Å²) in [4.78, 5) is 14.9. The van der Waals surface area contributed by atoms with Crippen molar-refractivity contribution < 1.29 is 9.53 Å². The first-order chi connectivity index (χ1) is 14.1. The van der Waals surface area contributed by atoms with Crippen LogP contribution in [0.15, 0.2) is 60.7 Å². The summed E-state index contributed by atoms with van der Waals surface area (Å²) >= 11 is 5.92. The number of para-hydroxylation sites is 1. The lowest BCUT2D eigenvalue weighted by atomic mass is 10.1. The highest BCUT2D eigenvalue weighted by Crippen LogP contribution is 2.29. The molecular weight excluding hydrogens is 386 g/mol. The van der Waals surface area contributed by atoms with Crippen LogP contribution in [0.4, 0.5) is 5.82 Å². The van der Waals surface area contributed by atoms with Gasteiger partial charge in [-0.25, -0.2) is 4.68 Å². The highest BCUT2D eigenvalue weighted by molar-refractivity contribution is 6.30. The standard InChI is InChI=1S/C23H22ClN3O2/c1-17-21(11-12-22(28)18-7-9-19(24)10-8-18)23(26-13-15-29-16-14-26)27(25-17)20-5-3-2-4-6-20/h2-12H,13-16H2,1H3/b12-11+. The minimum Gasteiger partial charge on any atom is -0.378 e. The zero-order valence-corrected chi connectivity index (χ0v) is 17.0. The predicted octanol–water partition coefficient (Wildman–Crippen LogP) is 4.57. The summed E-state index contributed by atoms with van der Waals surface area (Å²) in [6, 6.07) is 17.0. The molecule has 1 saturated heterocycles. The van der Waals surface area contributed by atoms with Gasteiger partial charge in [-0.3, -0.25) is 4.79 Å². The highest BCUT2D eigenvalue weighted by atomic mass is 35.5. The molecule has 2 aromatic carbocycles. The molecule has 1 aliphatic heterocycles. The molecule has 0 N–H and O–H groups in total. The Hall–Kier alpha value is -2.89. The number of ether oxygens (including phenoxy) is 1. The fourth-order valence-corrected chi connectivity index (χ4v) is 3.55. The molecule has 0 amide bonds. The van der Waals surface area contributed by atoms with Crippen LogP contribution in [0.1, 0.15) is 21.6 Å². The molecule has 5 nitrogen and oxygen atoms in total. The monoisotopic (exact) mass is 407 g/mol. The Bertz CT molecular complexity index is 1020. The third-order valence-electron chi connectivity index (χ3n) is 4.92. The molecule has 0 saturated carbocycles. The summed E-state index contributed by atoms with van der Waals surface area (Å²) in [5.74, 6) is 0.915. The number of benzene rings is 2. The van der Waals surface area contributed by atoms with Crippen LogP contribution >= 0.6 is 11.6 Å². The molecule has 1 fully saturated rings. The lowest BCUT2D eigenvalue weighted by molar-refractivity contribution is 0.104. The average molecular weight is 408 g/mol. The number of hydrogen-bond acceptors (Lipinski definition) is 4. The number of anilines is 1. The van der Waals surface area contributed by atoms with Crippen molar-refractivity contribution in [3.05, 3.63) is 82.5 Å². The number of aryl methyl sites for hydroxylation is 1. The minimum absolute atomic E-state index is 0.0681. The number of rotatable bonds is 5. The second kappa shape index (κ2) is 8.64. The molecule has 0 bridgehead atoms. The Morgan fingerprint density at radius 3 is 2.45 bits per heavy atom. The van der Waals surface area contributed by atoms with Crippen molar-refractivity contribution in [3.63, 3.8) is 0 Å². The van der Waals surface area contributed by atoms with Crippen LogP contribution in [0, 0.1) is 6.92 Å². The van der Waals surface area contributed by atoms with E-state index in [4.69, 9.17) is 21.4 Å². The Morgan fingerprint density at radius 2 is 1.76 bits per heavy atom. The van der Waals surface area contributed by atoms with Gasteiger partial charge >= 0.3 is 0 Å². The van der Waals surface area contributed by atoms with E-state index in [1.165, 1.54) is 0 Å². The van der Waals surface area contributed by atoms with Gasteiger partial charge in [0.1, 0.15) is 5.82 Å². The molecule has 3 aromatic rings.